The van der Waals surface area contributed by atoms with Crippen LogP contribution in [0, 0.1) is 5.82 Å². The van der Waals surface area contributed by atoms with Crippen LogP contribution in [0.4, 0.5) is 4.39 Å². The Morgan fingerprint density at radius 2 is 2.15 bits per heavy atom. The Bertz CT molecular complexity index is 302. The minimum Gasteiger partial charge on any atom is -0.497 e. The molecule has 72 valence electrons. The van der Waals surface area contributed by atoms with Crippen molar-refractivity contribution in [2.45, 2.75) is 6.92 Å². The summed E-state index contributed by atoms with van der Waals surface area (Å²) < 4.78 is 23.6. The van der Waals surface area contributed by atoms with E-state index in [1.165, 1.54) is 13.2 Å². The van der Waals surface area contributed by atoms with Crippen LogP contribution in [-0.2, 0) is 0 Å². The molecule has 0 atom stereocenters. The second kappa shape index (κ2) is 4.46. The van der Waals surface area contributed by atoms with Gasteiger partial charge in [-0.2, -0.15) is 0 Å². The SMILES string of the molecule is CCOc1cc(OC)cc(F)c1Br. The number of methoxy groups -OCH3 is 1. The van der Waals surface area contributed by atoms with Gasteiger partial charge in [0.05, 0.1) is 18.2 Å². The zero-order valence-corrected chi connectivity index (χ0v) is 9.02. The van der Waals surface area contributed by atoms with Gasteiger partial charge < -0.3 is 9.47 Å². The Labute approximate surface area is 84.8 Å². The van der Waals surface area contributed by atoms with E-state index in [4.69, 9.17) is 9.47 Å². The third kappa shape index (κ3) is 2.34. The molecule has 0 amide bonds. The van der Waals surface area contributed by atoms with Crippen molar-refractivity contribution in [2.75, 3.05) is 13.7 Å². The van der Waals surface area contributed by atoms with E-state index in [1.54, 1.807) is 6.07 Å². The lowest BCUT2D eigenvalue weighted by Gasteiger charge is -2.08. The van der Waals surface area contributed by atoms with Gasteiger partial charge in [0, 0.05) is 12.1 Å². The summed E-state index contributed by atoms with van der Waals surface area (Å²) in [4.78, 5) is 0. The molecule has 0 aliphatic heterocycles. The first kappa shape index (κ1) is 10.3. The molecule has 1 aromatic carbocycles. The van der Waals surface area contributed by atoms with Gasteiger partial charge in [-0.3, -0.25) is 0 Å². The van der Waals surface area contributed by atoms with Gasteiger partial charge in [-0.1, -0.05) is 0 Å². The molecule has 0 N–H and O–H groups in total. The third-order valence-corrected chi connectivity index (χ3v) is 2.27. The van der Waals surface area contributed by atoms with Crippen molar-refractivity contribution >= 4 is 15.9 Å². The fourth-order valence-corrected chi connectivity index (χ4v) is 1.26. The van der Waals surface area contributed by atoms with E-state index in [0.717, 1.165) is 0 Å². The highest BCUT2D eigenvalue weighted by atomic mass is 79.9. The van der Waals surface area contributed by atoms with Crippen LogP contribution in [0.3, 0.4) is 0 Å². The predicted octanol–water partition coefficient (Wildman–Crippen LogP) is 3.00. The van der Waals surface area contributed by atoms with Gasteiger partial charge in [0.2, 0.25) is 0 Å². The quantitative estimate of drug-likeness (QED) is 0.819. The molecule has 4 heteroatoms. The van der Waals surface area contributed by atoms with Crippen LogP contribution in [0.25, 0.3) is 0 Å². The molecule has 0 aromatic heterocycles. The summed E-state index contributed by atoms with van der Waals surface area (Å²) in [6.07, 6.45) is 0. The average molecular weight is 249 g/mol. The zero-order valence-electron chi connectivity index (χ0n) is 7.43. The van der Waals surface area contributed by atoms with Gasteiger partial charge in [-0.15, -0.1) is 0 Å². The van der Waals surface area contributed by atoms with Crippen molar-refractivity contribution in [1.82, 2.24) is 0 Å². The highest BCUT2D eigenvalue weighted by Gasteiger charge is 2.09. The van der Waals surface area contributed by atoms with Crippen LogP contribution in [0.1, 0.15) is 6.92 Å². The van der Waals surface area contributed by atoms with E-state index in [1.807, 2.05) is 6.92 Å². The smallest absolute Gasteiger partial charge is 0.144 e. The van der Waals surface area contributed by atoms with E-state index in [9.17, 15) is 4.39 Å². The molecular formula is C9H10BrFO2. The monoisotopic (exact) mass is 248 g/mol. The molecule has 1 aromatic rings. The maximum atomic E-state index is 13.1. The van der Waals surface area contributed by atoms with Crippen molar-refractivity contribution in [3.63, 3.8) is 0 Å². The molecule has 0 bridgehead atoms. The van der Waals surface area contributed by atoms with Gasteiger partial charge in [0.1, 0.15) is 17.3 Å². The minimum atomic E-state index is -0.386. The summed E-state index contributed by atoms with van der Waals surface area (Å²) in [7, 11) is 1.48. The number of halogens is 2. The van der Waals surface area contributed by atoms with Gasteiger partial charge in [-0.05, 0) is 22.9 Å². The second-order valence-electron chi connectivity index (χ2n) is 2.35. The van der Waals surface area contributed by atoms with E-state index in [2.05, 4.69) is 15.9 Å². The Hall–Kier alpha value is -0.770. The number of hydrogen-bond donors (Lipinski definition) is 0. The Kier molecular flexibility index (Phi) is 3.54. The Morgan fingerprint density at radius 3 is 2.69 bits per heavy atom. The largest absolute Gasteiger partial charge is 0.497 e. The molecule has 0 unspecified atom stereocenters. The molecular weight excluding hydrogens is 239 g/mol. The summed E-state index contributed by atoms with van der Waals surface area (Å²) in [6, 6.07) is 2.93. The van der Waals surface area contributed by atoms with Gasteiger partial charge in [0.15, 0.2) is 0 Å². The minimum absolute atomic E-state index is 0.329. The first-order valence-corrected chi connectivity index (χ1v) is 4.64. The molecule has 1 rings (SSSR count). The van der Waals surface area contributed by atoms with Crippen molar-refractivity contribution < 1.29 is 13.9 Å². The highest BCUT2D eigenvalue weighted by molar-refractivity contribution is 9.10. The second-order valence-corrected chi connectivity index (χ2v) is 3.15. The van der Waals surface area contributed by atoms with Crippen molar-refractivity contribution in [2.24, 2.45) is 0 Å². The topological polar surface area (TPSA) is 18.5 Å². The molecule has 13 heavy (non-hydrogen) atoms. The van der Waals surface area contributed by atoms with Gasteiger partial charge >= 0.3 is 0 Å². The molecule has 0 aliphatic rings. The van der Waals surface area contributed by atoms with Crippen molar-refractivity contribution in [1.29, 1.82) is 0 Å². The fourth-order valence-electron chi connectivity index (χ4n) is 0.919. The fraction of sp³-hybridized carbons (Fsp3) is 0.333. The van der Waals surface area contributed by atoms with Crippen LogP contribution in [-0.4, -0.2) is 13.7 Å². The maximum Gasteiger partial charge on any atom is 0.144 e. The third-order valence-electron chi connectivity index (χ3n) is 1.50. The normalized spacial score (nSPS) is 9.85. The van der Waals surface area contributed by atoms with E-state index in [-0.39, 0.29) is 5.82 Å². The molecule has 0 saturated heterocycles. The Morgan fingerprint density at radius 1 is 1.46 bits per heavy atom. The highest BCUT2D eigenvalue weighted by Crippen LogP contribution is 2.32. The number of rotatable bonds is 3. The first-order valence-electron chi connectivity index (χ1n) is 3.84. The van der Waals surface area contributed by atoms with Crippen LogP contribution in [0.2, 0.25) is 0 Å². The van der Waals surface area contributed by atoms with Crippen molar-refractivity contribution in [3.8, 4) is 11.5 Å². The Balaban J connectivity index is 3.09. The van der Waals surface area contributed by atoms with Crippen LogP contribution in [0.5, 0.6) is 11.5 Å². The standard InChI is InChI=1S/C9H10BrFO2/c1-3-13-8-5-6(12-2)4-7(11)9(8)10/h4-5H,3H2,1-2H3. The summed E-state index contributed by atoms with van der Waals surface area (Å²) in [6.45, 7) is 2.33. The van der Waals surface area contributed by atoms with Gasteiger partial charge in [0.25, 0.3) is 0 Å². The number of ether oxygens (including phenoxy) is 2. The van der Waals surface area contributed by atoms with Crippen LogP contribution in [0.15, 0.2) is 16.6 Å². The molecule has 0 saturated carbocycles. The van der Waals surface area contributed by atoms with E-state index >= 15 is 0 Å². The zero-order chi connectivity index (χ0) is 9.84. The molecule has 0 spiro atoms. The number of benzene rings is 1. The molecule has 0 heterocycles. The lowest BCUT2D eigenvalue weighted by molar-refractivity contribution is 0.330. The summed E-state index contributed by atoms with van der Waals surface area (Å²) in [5.74, 6) is 0.520. The van der Waals surface area contributed by atoms with Gasteiger partial charge in [-0.25, -0.2) is 4.39 Å². The van der Waals surface area contributed by atoms with E-state index < -0.39 is 0 Å². The average Bonchev–Trinajstić information content (AvgIpc) is 2.13. The van der Waals surface area contributed by atoms with E-state index in [0.29, 0.717) is 22.6 Å². The van der Waals surface area contributed by atoms with Crippen LogP contribution < -0.4 is 9.47 Å². The molecule has 0 fully saturated rings. The first-order chi connectivity index (χ1) is 6.19. The maximum absolute atomic E-state index is 13.1. The summed E-state index contributed by atoms with van der Waals surface area (Å²) >= 11 is 3.09. The summed E-state index contributed by atoms with van der Waals surface area (Å²) in [5.41, 5.74) is 0. The van der Waals surface area contributed by atoms with Crippen LogP contribution >= 0.6 is 15.9 Å². The number of hydrogen-bond acceptors (Lipinski definition) is 2. The summed E-state index contributed by atoms with van der Waals surface area (Å²) in [5, 5.41) is 0. The lowest BCUT2D eigenvalue weighted by atomic mass is 10.3. The lowest BCUT2D eigenvalue weighted by Crippen LogP contribution is -1.95. The van der Waals surface area contributed by atoms with Crippen molar-refractivity contribution in [3.05, 3.63) is 22.4 Å². The molecule has 0 radical (unpaired) electrons. The predicted molar refractivity (Wildman–Crippen MR) is 51.8 cm³/mol. The molecule has 0 aliphatic carbocycles. The molecule has 2 nitrogen and oxygen atoms in total.